The number of hydrogen-bond acceptors (Lipinski definition) is 4. The molecule has 0 atom stereocenters. The fraction of sp³-hybridized carbons (Fsp3) is 0.200. The molecule has 2 aromatic heterocycles. The molecule has 2 aromatic carbocycles. The summed E-state index contributed by atoms with van der Waals surface area (Å²) in [6.45, 7) is 1.93. The van der Waals surface area contributed by atoms with Gasteiger partial charge in [0.1, 0.15) is 11.5 Å². The molecule has 34 heavy (non-hydrogen) atoms. The number of aromatic nitrogens is 2. The Morgan fingerprint density at radius 3 is 2.56 bits per heavy atom. The van der Waals surface area contributed by atoms with Gasteiger partial charge in [0, 0.05) is 47.4 Å². The third kappa shape index (κ3) is 4.82. The highest BCUT2D eigenvalue weighted by molar-refractivity contribution is 6.33. The highest BCUT2D eigenvalue weighted by Gasteiger charge is 2.31. The largest absolute Gasteiger partial charge is 0.460 e. The quantitative estimate of drug-likeness (QED) is 0.293. The second-order valence-corrected chi connectivity index (χ2v) is 8.94. The number of furan rings is 1. The SMILES string of the molecule is FC(F)(F)c1ccc(Cl)c(-c2ccc(CN3CCc4nc(-c5ccc(Cl)cc5)ncc4C3)o2)c1. The van der Waals surface area contributed by atoms with Gasteiger partial charge < -0.3 is 4.42 Å². The lowest BCUT2D eigenvalue weighted by atomic mass is 10.1. The first-order valence-electron chi connectivity index (χ1n) is 10.6. The van der Waals surface area contributed by atoms with Crippen LogP contribution in [0, 0.1) is 0 Å². The van der Waals surface area contributed by atoms with Gasteiger partial charge in [-0.15, -0.1) is 0 Å². The molecule has 3 heterocycles. The van der Waals surface area contributed by atoms with Crippen LogP contribution in [0.2, 0.25) is 10.0 Å². The van der Waals surface area contributed by atoms with Crippen LogP contribution in [-0.4, -0.2) is 21.4 Å². The molecule has 0 saturated carbocycles. The molecule has 5 rings (SSSR count). The summed E-state index contributed by atoms with van der Waals surface area (Å²) in [5, 5.41) is 0.864. The molecule has 0 fully saturated rings. The van der Waals surface area contributed by atoms with Crippen molar-refractivity contribution in [3.8, 4) is 22.7 Å². The Hall–Kier alpha value is -2.87. The highest BCUT2D eigenvalue weighted by atomic mass is 35.5. The van der Waals surface area contributed by atoms with Crippen LogP contribution in [0.3, 0.4) is 0 Å². The fourth-order valence-electron chi connectivity index (χ4n) is 3.97. The van der Waals surface area contributed by atoms with Crippen LogP contribution in [0.25, 0.3) is 22.7 Å². The molecule has 0 amide bonds. The van der Waals surface area contributed by atoms with Crippen molar-refractivity contribution in [2.24, 2.45) is 0 Å². The van der Waals surface area contributed by atoms with E-state index in [-0.39, 0.29) is 10.6 Å². The van der Waals surface area contributed by atoms with E-state index in [2.05, 4.69) is 9.88 Å². The molecule has 4 nitrogen and oxygen atoms in total. The van der Waals surface area contributed by atoms with E-state index in [0.717, 1.165) is 41.9 Å². The van der Waals surface area contributed by atoms with Crippen molar-refractivity contribution in [1.29, 1.82) is 0 Å². The normalized spacial score (nSPS) is 14.3. The number of hydrogen-bond donors (Lipinski definition) is 0. The summed E-state index contributed by atoms with van der Waals surface area (Å²) < 4.78 is 45.1. The van der Waals surface area contributed by atoms with Gasteiger partial charge in [0.05, 0.1) is 22.8 Å². The monoisotopic (exact) mass is 503 g/mol. The summed E-state index contributed by atoms with van der Waals surface area (Å²) in [6.07, 6.45) is -1.86. The Kier molecular flexibility index (Phi) is 6.10. The topological polar surface area (TPSA) is 42.2 Å². The lowest BCUT2D eigenvalue weighted by molar-refractivity contribution is -0.137. The molecular formula is C25H18Cl2F3N3O. The summed E-state index contributed by atoms with van der Waals surface area (Å²) in [7, 11) is 0. The molecule has 0 N–H and O–H groups in total. The molecule has 9 heteroatoms. The number of benzene rings is 2. The maximum atomic E-state index is 13.1. The minimum Gasteiger partial charge on any atom is -0.460 e. The first-order valence-corrected chi connectivity index (χ1v) is 11.3. The van der Waals surface area contributed by atoms with Gasteiger partial charge in [0.25, 0.3) is 0 Å². The average Bonchev–Trinajstić information content (AvgIpc) is 3.27. The number of nitrogens with zero attached hydrogens (tertiary/aromatic N) is 3. The maximum Gasteiger partial charge on any atom is 0.416 e. The van der Waals surface area contributed by atoms with Crippen molar-refractivity contribution in [3.05, 3.63) is 93.4 Å². The minimum atomic E-state index is -4.45. The zero-order valence-corrected chi connectivity index (χ0v) is 19.3. The molecule has 0 bridgehead atoms. The lowest BCUT2D eigenvalue weighted by Gasteiger charge is -2.27. The van der Waals surface area contributed by atoms with Gasteiger partial charge in [0.2, 0.25) is 0 Å². The van der Waals surface area contributed by atoms with Crippen molar-refractivity contribution >= 4 is 23.2 Å². The summed E-state index contributed by atoms with van der Waals surface area (Å²) >= 11 is 12.1. The van der Waals surface area contributed by atoms with Crippen molar-refractivity contribution in [3.63, 3.8) is 0 Å². The molecule has 0 saturated heterocycles. The standard InChI is InChI=1S/C25H18Cl2F3N3O/c26-18-4-1-15(2-5-18)24-31-12-16-13-33(10-9-22(16)32-24)14-19-6-8-23(34-19)20-11-17(25(28,29)30)3-7-21(20)27/h1-8,11-12H,9-10,13-14H2. The van der Waals surface area contributed by atoms with Gasteiger partial charge in [-0.3, -0.25) is 4.90 Å². The van der Waals surface area contributed by atoms with E-state index in [1.54, 1.807) is 12.1 Å². The summed E-state index contributed by atoms with van der Waals surface area (Å²) in [6, 6.07) is 14.0. The van der Waals surface area contributed by atoms with E-state index in [4.69, 9.17) is 32.6 Å². The second kappa shape index (κ2) is 9.06. The Bertz CT molecular complexity index is 1340. The Morgan fingerprint density at radius 1 is 1.00 bits per heavy atom. The van der Waals surface area contributed by atoms with Gasteiger partial charge in [-0.25, -0.2) is 9.97 Å². The van der Waals surface area contributed by atoms with Crippen molar-refractivity contribution in [2.45, 2.75) is 25.7 Å². The predicted octanol–water partition coefficient (Wildman–Crippen LogP) is 7.29. The van der Waals surface area contributed by atoms with E-state index >= 15 is 0 Å². The molecule has 4 aromatic rings. The zero-order valence-electron chi connectivity index (χ0n) is 17.7. The smallest absolute Gasteiger partial charge is 0.416 e. The van der Waals surface area contributed by atoms with Crippen LogP contribution < -0.4 is 0 Å². The fourth-order valence-corrected chi connectivity index (χ4v) is 4.30. The molecule has 0 spiro atoms. The minimum absolute atomic E-state index is 0.203. The van der Waals surface area contributed by atoms with Gasteiger partial charge in [-0.2, -0.15) is 13.2 Å². The van der Waals surface area contributed by atoms with Crippen molar-refractivity contribution < 1.29 is 17.6 Å². The second-order valence-electron chi connectivity index (χ2n) is 8.09. The third-order valence-corrected chi connectivity index (χ3v) is 6.30. The lowest BCUT2D eigenvalue weighted by Crippen LogP contribution is -2.30. The predicted molar refractivity (Wildman–Crippen MR) is 124 cm³/mol. The van der Waals surface area contributed by atoms with Gasteiger partial charge in [-0.1, -0.05) is 23.2 Å². The summed E-state index contributed by atoms with van der Waals surface area (Å²) in [5.74, 6) is 1.61. The maximum absolute atomic E-state index is 13.1. The number of fused-ring (bicyclic) bond motifs is 1. The summed E-state index contributed by atoms with van der Waals surface area (Å²) in [4.78, 5) is 11.4. The van der Waals surface area contributed by atoms with Crippen LogP contribution in [-0.2, 0) is 25.7 Å². The van der Waals surface area contributed by atoms with Crippen molar-refractivity contribution in [2.75, 3.05) is 6.54 Å². The molecular weight excluding hydrogens is 486 g/mol. The summed E-state index contributed by atoms with van der Waals surface area (Å²) in [5.41, 5.74) is 2.40. The molecule has 0 radical (unpaired) electrons. The first-order chi connectivity index (χ1) is 16.3. The van der Waals surface area contributed by atoms with E-state index in [1.165, 1.54) is 6.07 Å². The van der Waals surface area contributed by atoms with Gasteiger partial charge in [0.15, 0.2) is 5.82 Å². The first kappa shape index (κ1) is 22.9. The average molecular weight is 504 g/mol. The Morgan fingerprint density at radius 2 is 1.79 bits per heavy atom. The van der Waals surface area contributed by atoms with E-state index in [1.807, 2.05) is 30.5 Å². The number of alkyl halides is 3. The van der Waals surface area contributed by atoms with Crippen LogP contribution >= 0.6 is 23.2 Å². The van der Waals surface area contributed by atoms with E-state index in [0.29, 0.717) is 35.5 Å². The van der Waals surface area contributed by atoms with Gasteiger partial charge >= 0.3 is 6.18 Å². The third-order valence-electron chi connectivity index (χ3n) is 5.72. The van der Waals surface area contributed by atoms with Gasteiger partial charge in [-0.05, 0) is 54.6 Å². The Balaban J connectivity index is 1.30. The molecule has 1 aliphatic rings. The van der Waals surface area contributed by atoms with E-state index in [9.17, 15) is 13.2 Å². The molecule has 174 valence electrons. The molecule has 1 aliphatic heterocycles. The zero-order chi connectivity index (χ0) is 23.9. The van der Waals surface area contributed by atoms with Crippen molar-refractivity contribution in [1.82, 2.24) is 14.9 Å². The molecule has 0 aliphatic carbocycles. The van der Waals surface area contributed by atoms with E-state index < -0.39 is 11.7 Å². The van der Waals surface area contributed by atoms with Crippen LogP contribution in [0.15, 0.2) is 65.2 Å². The number of rotatable bonds is 4. The molecule has 0 unspecified atom stereocenters. The van der Waals surface area contributed by atoms with Crippen LogP contribution in [0.1, 0.15) is 22.6 Å². The number of halogens is 5. The highest BCUT2D eigenvalue weighted by Crippen LogP contribution is 2.36. The van der Waals surface area contributed by atoms with Crippen LogP contribution in [0.5, 0.6) is 0 Å². The van der Waals surface area contributed by atoms with Crippen LogP contribution in [0.4, 0.5) is 13.2 Å². The Labute approximate surface area is 204 Å².